The van der Waals surface area contributed by atoms with E-state index in [1.165, 1.54) is 32.6 Å². The first-order valence-electron chi connectivity index (χ1n) is 9.03. The molecule has 1 aliphatic rings. The Morgan fingerprint density at radius 2 is 1.61 bits per heavy atom. The summed E-state index contributed by atoms with van der Waals surface area (Å²) in [6.07, 6.45) is 3.34. The van der Waals surface area contributed by atoms with Crippen LogP contribution >= 0.6 is 11.3 Å². The van der Waals surface area contributed by atoms with Gasteiger partial charge >= 0.3 is 0 Å². The second-order valence-electron chi connectivity index (χ2n) is 6.99. The zero-order valence-corrected chi connectivity index (χ0v) is 18.6. The van der Waals surface area contributed by atoms with E-state index >= 15 is 0 Å². The number of para-hydroxylation sites is 1. The van der Waals surface area contributed by atoms with E-state index in [9.17, 15) is 16.8 Å². The van der Waals surface area contributed by atoms with Gasteiger partial charge in [0.05, 0.1) is 11.4 Å². The van der Waals surface area contributed by atoms with Crippen molar-refractivity contribution in [2.45, 2.75) is 34.6 Å². The molecule has 2 aromatic rings. The third-order valence-corrected chi connectivity index (χ3v) is 9.94. The summed E-state index contributed by atoms with van der Waals surface area (Å²) in [5.41, 5.74) is 2.42. The van der Waals surface area contributed by atoms with E-state index in [2.05, 4.69) is 9.62 Å². The monoisotopic (exact) mass is 443 g/mol. The molecule has 0 bridgehead atoms. The van der Waals surface area contributed by atoms with E-state index in [0.717, 1.165) is 52.8 Å². The second-order valence-corrected chi connectivity index (χ2v) is 12.4. The molecule has 0 saturated carbocycles. The van der Waals surface area contributed by atoms with Crippen LogP contribution in [0.5, 0.6) is 0 Å². The molecule has 0 aliphatic carbocycles. The Hall–Kier alpha value is -1.62. The van der Waals surface area contributed by atoms with E-state index in [1.807, 2.05) is 19.1 Å². The largest absolute Gasteiger partial charge is 0.370 e. The summed E-state index contributed by atoms with van der Waals surface area (Å²) in [7, 11) is -4.74. The SMILES string of the molecule is Cc1cccc(NS(=O)(=O)c2ccc(S(=O)(=O)N(C)C)s2)c1N1CCCCC1. The minimum Gasteiger partial charge on any atom is -0.370 e. The highest BCUT2D eigenvalue weighted by atomic mass is 32.3. The number of nitrogens with zero attached hydrogens (tertiary/aromatic N) is 2. The van der Waals surface area contributed by atoms with Crippen LogP contribution in [0.4, 0.5) is 11.4 Å². The quantitative estimate of drug-likeness (QED) is 0.741. The van der Waals surface area contributed by atoms with E-state index in [4.69, 9.17) is 0 Å². The lowest BCUT2D eigenvalue weighted by molar-refractivity contribution is 0.523. The van der Waals surface area contributed by atoms with E-state index in [0.29, 0.717) is 5.69 Å². The second kappa shape index (κ2) is 8.02. The minimum atomic E-state index is -3.90. The van der Waals surface area contributed by atoms with Crippen LogP contribution in [-0.4, -0.2) is 48.3 Å². The van der Waals surface area contributed by atoms with Crippen LogP contribution in [-0.2, 0) is 20.0 Å². The van der Waals surface area contributed by atoms with Gasteiger partial charge in [-0.3, -0.25) is 4.72 Å². The lowest BCUT2D eigenvalue weighted by atomic mass is 10.1. The molecule has 0 spiro atoms. The number of anilines is 2. The average molecular weight is 444 g/mol. The van der Waals surface area contributed by atoms with Crippen molar-refractivity contribution >= 4 is 42.8 Å². The van der Waals surface area contributed by atoms with Crippen LogP contribution in [0.1, 0.15) is 24.8 Å². The first-order chi connectivity index (χ1) is 13.1. The maximum atomic E-state index is 12.9. The Bertz CT molecular complexity index is 1050. The molecule has 1 aliphatic heterocycles. The third-order valence-electron chi connectivity index (χ3n) is 4.71. The van der Waals surface area contributed by atoms with Crippen LogP contribution in [0.2, 0.25) is 0 Å². The summed E-state index contributed by atoms with van der Waals surface area (Å²) >= 11 is 0.746. The van der Waals surface area contributed by atoms with Crippen molar-refractivity contribution < 1.29 is 16.8 Å². The molecule has 7 nitrogen and oxygen atoms in total. The van der Waals surface area contributed by atoms with Gasteiger partial charge in [0, 0.05) is 27.2 Å². The molecule has 3 rings (SSSR count). The highest BCUT2D eigenvalue weighted by Gasteiger charge is 2.26. The summed E-state index contributed by atoms with van der Waals surface area (Å²) < 4.78 is 54.1. The van der Waals surface area contributed by atoms with Crippen molar-refractivity contribution in [3.8, 4) is 0 Å². The molecule has 0 radical (unpaired) electrons. The van der Waals surface area contributed by atoms with Gasteiger partial charge in [0.2, 0.25) is 0 Å². The fourth-order valence-electron chi connectivity index (χ4n) is 3.24. The maximum absolute atomic E-state index is 12.9. The Morgan fingerprint density at radius 1 is 0.964 bits per heavy atom. The van der Waals surface area contributed by atoms with Gasteiger partial charge in [0.15, 0.2) is 0 Å². The van der Waals surface area contributed by atoms with Gasteiger partial charge < -0.3 is 4.90 Å². The molecule has 2 heterocycles. The van der Waals surface area contributed by atoms with E-state index < -0.39 is 20.0 Å². The number of hydrogen-bond acceptors (Lipinski definition) is 6. The standard InChI is InChI=1S/C18H25N3O4S3/c1-14-8-7-9-15(18(14)21-12-5-4-6-13-21)19-27(22,23)16-10-11-17(26-16)28(24,25)20(2)3/h7-11,19H,4-6,12-13H2,1-3H3. The average Bonchev–Trinajstić information content (AvgIpc) is 3.14. The van der Waals surface area contributed by atoms with Crippen molar-refractivity contribution in [3.05, 3.63) is 35.9 Å². The van der Waals surface area contributed by atoms with Gasteiger partial charge in [-0.05, 0) is 49.9 Å². The van der Waals surface area contributed by atoms with Crippen molar-refractivity contribution in [2.24, 2.45) is 0 Å². The molecule has 1 N–H and O–H groups in total. The molecule has 0 atom stereocenters. The highest BCUT2D eigenvalue weighted by Crippen LogP contribution is 2.35. The maximum Gasteiger partial charge on any atom is 0.271 e. The summed E-state index contributed by atoms with van der Waals surface area (Å²) in [5.74, 6) is 0. The fraction of sp³-hybridized carbons (Fsp3) is 0.444. The van der Waals surface area contributed by atoms with Gasteiger partial charge in [0.25, 0.3) is 20.0 Å². The normalized spacial score (nSPS) is 15.8. The molecule has 0 unspecified atom stereocenters. The van der Waals surface area contributed by atoms with Crippen LogP contribution in [0.15, 0.2) is 38.8 Å². The first-order valence-corrected chi connectivity index (χ1v) is 12.8. The number of thiophene rings is 1. The molecular formula is C18H25N3O4S3. The third kappa shape index (κ3) is 4.19. The Kier molecular flexibility index (Phi) is 6.04. The molecule has 154 valence electrons. The first kappa shape index (κ1) is 21.1. The summed E-state index contributed by atoms with van der Waals surface area (Å²) in [6.45, 7) is 3.75. The van der Waals surface area contributed by atoms with Crippen LogP contribution in [0.3, 0.4) is 0 Å². The lowest BCUT2D eigenvalue weighted by Gasteiger charge is -2.32. The molecule has 0 amide bonds. The number of sulfonamides is 2. The predicted molar refractivity (Wildman–Crippen MR) is 113 cm³/mol. The number of rotatable bonds is 6. The van der Waals surface area contributed by atoms with Gasteiger partial charge in [-0.25, -0.2) is 21.1 Å². The van der Waals surface area contributed by atoms with Crippen LogP contribution in [0.25, 0.3) is 0 Å². The zero-order valence-electron chi connectivity index (χ0n) is 16.2. The number of benzene rings is 1. The molecule has 1 fully saturated rings. The number of aryl methyl sites for hydroxylation is 1. The van der Waals surface area contributed by atoms with Crippen molar-refractivity contribution in [2.75, 3.05) is 36.8 Å². The van der Waals surface area contributed by atoms with Gasteiger partial charge in [-0.2, -0.15) is 0 Å². The molecule has 1 saturated heterocycles. The topological polar surface area (TPSA) is 86.8 Å². The van der Waals surface area contributed by atoms with Crippen molar-refractivity contribution in [3.63, 3.8) is 0 Å². The molecule has 10 heteroatoms. The number of nitrogens with one attached hydrogen (secondary N) is 1. The lowest BCUT2D eigenvalue weighted by Crippen LogP contribution is -2.31. The van der Waals surface area contributed by atoms with Gasteiger partial charge in [-0.1, -0.05) is 12.1 Å². The molecule has 1 aromatic carbocycles. The van der Waals surface area contributed by atoms with Gasteiger partial charge in [-0.15, -0.1) is 11.3 Å². The summed E-state index contributed by atoms with van der Waals surface area (Å²) in [4.78, 5) is 2.22. The van der Waals surface area contributed by atoms with Crippen LogP contribution in [0, 0.1) is 6.92 Å². The molecule has 1 aromatic heterocycles. The van der Waals surface area contributed by atoms with Crippen molar-refractivity contribution in [1.29, 1.82) is 0 Å². The Morgan fingerprint density at radius 3 is 2.25 bits per heavy atom. The smallest absolute Gasteiger partial charge is 0.271 e. The Balaban J connectivity index is 1.94. The molecular weight excluding hydrogens is 418 g/mol. The van der Waals surface area contributed by atoms with Crippen molar-refractivity contribution in [1.82, 2.24) is 4.31 Å². The van der Waals surface area contributed by atoms with Crippen LogP contribution < -0.4 is 9.62 Å². The van der Waals surface area contributed by atoms with Gasteiger partial charge in [0.1, 0.15) is 8.42 Å². The highest BCUT2D eigenvalue weighted by molar-refractivity contribution is 7.96. The number of piperidine rings is 1. The fourth-order valence-corrected chi connectivity index (χ4v) is 7.24. The Labute approximate surface area is 171 Å². The summed E-state index contributed by atoms with van der Waals surface area (Å²) in [6, 6.07) is 8.20. The minimum absolute atomic E-state index is 0.00151. The van der Waals surface area contributed by atoms with E-state index in [1.54, 1.807) is 6.07 Å². The molecule has 28 heavy (non-hydrogen) atoms. The zero-order chi connectivity index (χ0) is 20.5. The predicted octanol–water partition coefficient (Wildman–Crippen LogP) is 3.10. The number of hydrogen-bond donors (Lipinski definition) is 1. The summed E-state index contributed by atoms with van der Waals surface area (Å²) in [5, 5.41) is 0. The van der Waals surface area contributed by atoms with E-state index in [-0.39, 0.29) is 8.42 Å².